The molecule has 0 N–H and O–H groups in total. The highest BCUT2D eigenvalue weighted by atomic mass is 35.5. The summed E-state index contributed by atoms with van der Waals surface area (Å²) in [4.78, 5) is 14.4. The number of rotatable bonds is 6. The van der Waals surface area contributed by atoms with Crippen molar-refractivity contribution in [3.8, 4) is 0 Å². The molecule has 4 nitrogen and oxygen atoms in total. The van der Waals surface area contributed by atoms with Crippen LogP contribution in [0.15, 0.2) is 24.8 Å². The normalized spacial score (nSPS) is 15.0. The molecular formula is C19H18ClF4N3O. The maximum absolute atomic E-state index is 14.4. The zero-order valence-corrected chi connectivity index (χ0v) is 16.0. The Bertz CT molecular complexity index is 940. The number of amides is 1. The molecule has 2 aromatic rings. The third-order valence-corrected chi connectivity index (χ3v) is 5.11. The Balaban J connectivity index is 1.98. The molecule has 1 aliphatic carbocycles. The smallest absolute Gasteiger partial charge is 0.283 e. The number of carbonyl (C=O) groups is 1. The lowest BCUT2D eigenvalue weighted by atomic mass is 9.99. The summed E-state index contributed by atoms with van der Waals surface area (Å²) in [6.45, 7) is 5.59. The van der Waals surface area contributed by atoms with Crippen molar-refractivity contribution in [1.29, 1.82) is 0 Å². The van der Waals surface area contributed by atoms with E-state index in [1.807, 2.05) is 0 Å². The molecule has 28 heavy (non-hydrogen) atoms. The van der Waals surface area contributed by atoms with Crippen LogP contribution >= 0.6 is 11.6 Å². The number of alkyl halides is 2. The monoisotopic (exact) mass is 415 g/mol. The summed E-state index contributed by atoms with van der Waals surface area (Å²) in [6.07, 6.45) is -1.78. The molecule has 3 rings (SSSR count). The predicted molar refractivity (Wildman–Crippen MR) is 97.2 cm³/mol. The summed E-state index contributed by atoms with van der Waals surface area (Å²) < 4.78 is 54.9. The van der Waals surface area contributed by atoms with Crippen molar-refractivity contribution in [2.24, 2.45) is 7.05 Å². The number of benzene rings is 1. The summed E-state index contributed by atoms with van der Waals surface area (Å²) in [6, 6.07) is 2.85. The molecule has 0 aliphatic heterocycles. The zero-order chi connectivity index (χ0) is 20.7. The Morgan fingerprint density at radius 1 is 1.36 bits per heavy atom. The third kappa shape index (κ3) is 3.65. The predicted octanol–water partition coefficient (Wildman–Crippen LogP) is 5.00. The van der Waals surface area contributed by atoms with Crippen LogP contribution in [-0.2, 0) is 7.05 Å². The molecule has 1 fully saturated rings. The van der Waals surface area contributed by atoms with Gasteiger partial charge < -0.3 is 4.90 Å². The van der Waals surface area contributed by atoms with Crippen molar-refractivity contribution in [1.82, 2.24) is 14.7 Å². The van der Waals surface area contributed by atoms with Crippen LogP contribution in [0.25, 0.3) is 5.57 Å². The summed E-state index contributed by atoms with van der Waals surface area (Å²) >= 11 is 6.08. The van der Waals surface area contributed by atoms with E-state index in [0.717, 1.165) is 13.1 Å². The Morgan fingerprint density at radius 3 is 2.54 bits per heavy atom. The maximum atomic E-state index is 14.4. The van der Waals surface area contributed by atoms with Crippen LogP contribution in [0.2, 0.25) is 5.02 Å². The largest absolute Gasteiger partial charge is 0.329 e. The van der Waals surface area contributed by atoms with Gasteiger partial charge in [-0.2, -0.15) is 9.49 Å². The van der Waals surface area contributed by atoms with E-state index in [1.165, 1.54) is 17.0 Å². The van der Waals surface area contributed by atoms with E-state index in [0.29, 0.717) is 28.7 Å². The van der Waals surface area contributed by atoms with Crippen LogP contribution in [0.3, 0.4) is 0 Å². The van der Waals surface area contributed by atoms with E-state index in [-0.39, 0.29) is 11.1 Å². The van der Waals surface area contributed by atoms with E-state index in [4.69, 9.17) is 11.6 Å². The minimum Gasteiger partial charge on any atom is -0.329 e. The Hall–Kier alpha value is -2.35. The molecule has 1 aliphatic rings. The molecule has 1 saturated carbocycles. The van der Waals surface area contributed by atoms with Gasteiger partial charge in [0.2, 0.25) is 5.95 Å². The molecule has 1 aromatic heterocycles. The maximum Gasteiger partial charge on any atom is 0.283 e. The average molecular weight is 416 g/mol. The van der Waals surface area contributed by atoms with E-state index in [9.17, 15) is 22.4 Å². The molecular weight excluding hydrogens is 398 g/mol. The summed E-state index contributed by atoms with van der Waals surface area (Å²) in [5, 5.41) is 3.55. The lowest BCUT2D eigenvalue weighted by Gasteiger charge is -2.31. The van der Waals surface area contributed by atoms with Crippen LogP contribution in [0.4, 0.5) is 17.6 Å². The highest BCUT2D eigenvalue weighted by Crippen LogP contribution is 2.37. The summed E-state index contributed by atoms with van der Waals surface area (Å²) in [5.74, 6) is -2.53. The van der Waals surface area contributed by atoms with Crippen LogP contribution in [0.5, 0.6) is 0 Å². The highest BCUT2D eigenvalue weighted by Gasteiger charge is 2.41. The number of hydrogen-bond donors (Lipinski definition) is 0. The van der Waals surface area contributed by atoms with Gasteiger partial charge in [-0.15, -0.1) is 0 Å². The second-order valence-corrected chi connectivity index (χ2v) is 7.15. The minimum absolute atomic E-state index is 0.112. The van der Waals surface area contributed by atoms with Gasteiger partial charge >= 0.3 is 0 Å². The van der Waals surface area contributed by atoms with Crippen molar-refractivity contribution < 1.29 is 22.4 Å². The van der Waals surface area contributed by atoms with Crippen molar-refractivity contribution in [3.05, 3.63) is 58.4 Å². The Kier molecular flexibility index (Phi) is 5.52. The molecule has 0 saturated heterocycles. The van der Waals surface area contributed by atoms with Crippen molar-refractivity contribution >= 4 is 23.1 Å². The third-order valence-electron chi connectivity index (χ3n) is 4.80. The Labute approximate surface area is 164 Å². The second-order valence-electron chi connectivity index (χ2n) is 6.74. The van der Waals surface area contributed by atoms with Crippen molar-refractivity contribution in [2.75, 3.05) is 0 Å². The van der Waals surface area contributed by atoms with Gasteiger partial charge in [-0.25, -0.2) is 17.9 Å². The van der Waals surface area contributed by atoms with Crippen LogP contribution in [0, 0.1) is 11.8 Å². The fraction of sp³-hybridized carbons (Fsp3) is 0.368. The van der Waals surface area contributed by atoms with Crippen LogP contribution < -0.4 is 0 Å². The first kappa shape index (κ1) is 20.4. The van der Waals surface area contributed by atoms with E-state index < -0.39 is 41.4 Å². The van der Waals surface area contributed by atoms with Gasteiger partial charge in [0, 0.05) is 13.1 Å². The molecule has 9 heteroatoms. The van der Waals surface area contributed by atoms with E-state index in [2.05, 4.69) is 11.7 Å². The van der Waals surface area contributed by atoms with Crippen LogP contribution in [-0.4, -0.2) is 32.7 Å². The average Bonchev–Trinajstić information content (AvgIpc) is 3.40. The highest BCUT2D eigenvalue weighted by molar-refractivity contribution is 6.32. The molecule has 150 valence electrons. The van der Waals surface area contributed by atoms with Gasteiger partial charge in [0.25, 0.3) is 12.3 Å². The number of nitrogens with zero attached hydrogens (tertiary/aromatic N) is 3. The van der Waals surface area contributed by atoms with Crippen LogP contribution in [0.1, 0.15) is 47.8 Å². The van der Waals surface area contributed by atoms with E-state index >= 15 is 0 Å². The molecule has 1 heterocycles. The summed E-state index contributed by atoms with van der Waals surface area (Å²) in [5.41, 5.74) is -0.814. The molecule has 0 radical (unpaired) electrons. The van der Waals surface area contributed by atoms with E-state index in [1.54, 1.807) is 6.92 Å². The van der Waals surface area contributed by atoms with Gasteiger partial charge in [0.05, 0.1) is 11.1 Å². The number of halogens is 5. The van der Waals surface area contributed by atoms with Gasteiger partial charge in [-0.05, 0) is 43.0 Å². The van der Waals surface area contributed by atoms with Gasteiger partial charge in [-0.3, -0.25) is 4.79 Å². The van der Waals surface area contributed by atoms with Crippen molar-refractivity contribution in [2.45, 2.75) is 38.3 Å². The standard InChI is InChI=1S/C19H18ClF4N3O/c1-9(13-7-4-11(21)8-14(13)20)10(2)27(12-5-6-12)19(28)15-16(17(22)23)25-26(3)18(15)24/h4,7-8,10,12,17H,1,5-6H2,2-3H3. The summed E-state index contributed by atoms with van der Waals surface area (Å²) in [7, 11) is 1.15. The first-order valence-electron chi connectivity index (χ1n) is 8.60. The van der Waals surface area contributed by atoms with Gasteiger partial charge in [0.1, 0.15) is 17.1 Å². The minimum atomic E-state index is -3.10. The molecule has 0 bridgehead atoms. The SMILES string of the molecule is C=C(c1ccc(F)cc1Cl)C(C)N(C(=O)c1c(C(F)F)nn(C)c1F)C1CC1. The Morgan fingerprint density at radius 2 is 2.00 bits per heavy atom. The number of carbonyl (C=O) groups excluding carboxylic acids is 1. The topological polar surface area (TPSA) is 38.1 Å². The fourth-order valence-corrected chi connectivity index (χ4v) is 3.44. The quantitative estimate of drug-likeness (QED) is 0.623. The fourth-order valence-electron chi connectivity index (χ4n) is 3.16. The first-order chi connectivity index (χ1) is 13.1. The molecule has 1 unspecified atom stereocenters. The molecule has 1 atom stereocenters. The van der Waals surface area contributed by atoms with Crippen molar-refractivity contribution in [3.63, 3.8) is 0 Å². The molecule has 1 aromatic carbocycles. The number of hydrogen-bond acceptors (Lipinski definition) is 2. The number of aryl methyl sites for hydroxylation is 1. The number of aromatic nitrogens is 2. The lowest BCUT2D eigenvalue weighted by molar-refractivity contribution is 0.0698. The second kappa shape index (κ2) is 7.58. The zero-order valence-electron chi connectivity index (χ0n) is 15.2. The lowest BCUT2D eigenvalue weighted by Crippen LogP contribution is -2.41. The molecule has 0 spiro atoms. The first-order valence-corrected chi connectivity index (χ1v) is 8.98. The molecule has 1 amide bonds. The van der Waals surface area contributed by atoms with Gasteiger partial charge in [0.15, 0.2) is 0 Å². The van der Waals surface area contributed by atoms with Gasteiger partial charge in [-0.1, -0.05) is 24.2 Å².